The molecule has 0 N–H and O–H groups in total. The van der Waals surface area contributed by atoms with Crippen LogP contribution in [0.1, 0.15) is 24.5 Å². The summed E-state index contributed by atoms with van der Waals surface area (Å²) in [4.78, 5) is 12.0. The largest absolute Gasteiger partial charge is 0.426 e. The van der Waals surface area contributed by atoms with Gasteiger partial charge in [-0.3, -0.25) is 4.79 Å². The van der Waals surface area contributed by atoms with Crippen molar-refractivity contribution in [2.75, 3.05) is 0 Å². The van der Waals surface area contributed by atoms with Crippen molar-refractivity contribution in [3.8, 4) is 5.75 Å². The monoisotopic (exact) mass is 272 g/mol. The van der Waals surface area contributed by atoms with Crippen molar-refractivity contribution in [2.45, 2.75) is 31.5 Å². The third-order valence-electron chi connectivity index (χ3n) is 3.24. The van der Waals surface area contributed by atoms with Crippen molar-refractivity contribution in [2.24, 2.45) is 5.41 Å². The molecule has 0 radical (unpaired) electrons. The van der Waals surface area contributed by atoms with Crippen LogP contribution in [0.4, 0.5) is 0 Å². The van der Waals surface area contributed by atoms with Crippen LogP contribution < -0.4 is 4.74 Å². The molecular formula is C13H14Cl2O2. The van der Waals surface area contributed by atoms with Crippen molar-refractivity contribution in [1.29, 1.82) is 0 Å². The Labute approximate surface area is 111 Å². The van der Waals surface area contributed by atoms with Gasteiger partial charge < -0.3 is 4.74 Å². The number of ether oxygens (including phenoxy) is 1. The van der Waals surface area contributed by atoms with Gasteiger partial charge in [-0.05, 0) is 32.4 Å². The number of carbonyl (C=O) groups is 1. The average molecular weight is 273 g/mol. The summed E-state index contributed by atoms with van der Waals surface area (Å²) in [6.45, 7) is 5.61. The van der Waals surface area contributed by atoms with Crippen molar-refractivity contribution in [3.05, 3.63) is 29.3 Å². The second-order valence-electron chi connectivity index (χ2n) is 4.87. The van der Waals surface area contributed by atoms with Crippen LogP contribution in [0.5, 0.6) is 5.75 Å². The minimum absolute atomic E-state index is 0.366. The van der Waals surface area contributed by atoms with Crippen LogP contribution >= 0.6 is 23.2 Å². The number of alkyl halides is 2. The SMILES string of the molecule is Cc1ccc(OC(=O)C2(C)CC2(Cl)Cl)c(C)c1. The molecule has 1 aromatic rings. The molecule has 0 heterocycles. The topological polar surface area (TPSA) is 26.3 Å². The number of hydrogen-bond donors (Lipinski definition) is 0. The molecule has 0 bridgehead atoms. The van der Waals surface area contributed by atoms with E-state index in [9.17, 15) is 4.79 Å². The van der Waals surface area contributed by atoms with E-state index in [0.717, 1.165) is 11.1 Å². The molecule has 0 aromatic heterocycles. The highest BCUT2D eigenvalue weighted by Crippen LogP contribution is 2.64. The van der Waals surface area contributed by atoms with E-state index in [1.165, 1.54) is 0 Å². The lowest BCUT2D eigenvalue weighted by atomic mass is 10.1. The Morgan fingerprint density at radius 3 is 2.41 bits per heavy atom. The van der Waals surface area contributed by atoms with E-state index in [4.69, 9.17) is 27.9 Å². The first kappa shape index (κ1) is 12.7. The van der Waals surface area contributed by atoms with Crippen LogP contribution in [-0.2, 0) is 4.79 Å². The Morgan fingerprint density at radius 2 is 1.94 bits per heavy atom. The zero-order valence-corrected chi connectivity index (χ0v) is 11.5. The molecule has 1 unspecified atom stereocenters. The summed E-state index contributed by atoms with van der Waals surface area (Å²) in [6, 6.07) is 5.66. The second kappa shape index (κ2) is 3.89. The molecule has 2 rings (SSSR count). The maximum absolute atomic E-state index is 12.0. The molecule has 0 saturated heterocycles. The molecule has 92 valence electrons. The zero-order valence-electron chi connectivity index (χ0n) is 10.0. The molecule has 17 heavy (non-hydrogen) atoms. The first-order valence-electron chi connectivity index (χ1n) is 5.44. The third kappa shape index (κ3) is 2.16. The number of hydrogen-bond acceptors (Lipinski definition) is 2. The van der Waals surface area contributed by atoms with Crippen LogP contribution in [0, 0.1) is 19.3 Å². The van der Waals surface area contributed by atoms with Gasteiger partial charge in [-0.15, -0.1) is 23.2 Å². The summed E-state index contributed by atoms with van der Waals surface area (Å²) in [5, 5.41) is 0. The predicted octanol–water partition coefficient (Wildman–Crippen LogP) is 3.79. The predicted molar refractivity (Wildman–Crippen MR) is 68.7 cm³/mol. The van der Waals surface area contributed by atoms with E-state index in [-0.39, 0.29) is 5.97 Å². The lowest BCUT2D eigenvalue weighted by Gasteiger charge is -2.13. The molecule has 4 heteroatoms. The summed E-state index contributed by atoms with van der Waals surface area (Å²) in [6.07, 6.45) is 0.437. The molecule has 2 nitrogen and oxygen atoms in total. The molecular weight excluding hydrogens is 259 g/mol. The minimum Gasteiger partial charge on any atom is -0.426 e. The van der Waals surface area contributed by atoms with Gasteiger partial charge >= 0.3 is 5.97 Å². The van der Waals surface area contributed by atoms with Gasteiger partial charge in [0.1, 0.15) is 15.5 Å². The molecule has 1 aromatic carbocycles. The number of rotatable bonds is 2. The van der Waals surface area contributed by atoms with E-state index >= 15 is 0 Å². The van der Waals surface area contributed by atoms with Crippen molar-refractivity contribution >= 4 is 29.2 Å². The summed E-state index contributed by atoms with van der Waals surface area (Å²) in [5.41, 5.74) is 1.27. The van der Waals surface area contributed by atoms with Gasteiger partial charge in [0.25, 0.3) is 0 Å². The van der Waals surface area contributed by atoms with Gasteiger partial charge in [0.2, 0.25) is 0 Å². The summed E-state index contributed by atoms with van der Waals surface area (Å²) < 4.78 is 4.37. The third-order valence-corrected chi connectivity index (χ3v) is 4.34. The molecule has 0 amide bonds. The molecule has 1 saturated carbocycles. The van der Waals surface area contributed by atoms with Crippen LogP contribution in [0.25, 0.3) is 0 Å². The molecule has 1 aliphatic rings. The highest BCUT2D eigenvalue weighted by molar-refractivity contribution is 6.53. The number of aryl methyl sites for hydroxylation is 2. The fourth-order valence-corrected chi connectivity index (χ4v) is 2.44. The molecule has 1 aliphatic carbocycles. The van der Waals surface area contributed by atoms with E-state index < -0.39 is 9.75 Å². The number of halogens is 2. The number of carbonyl (C=O) groups excluding carboxylic acids is 1. The Morgan fingerprint density at radius 1 is 1.35 bits per heavy atom. The molecule has 0 aliphatic heterocycles. The highest BCUT2D eigenvalue weighted by atomic mass is 35.5. The first-order chi connectivity index (χ1) is 7.76. The lowest BCUT2D eigenvalue weighted by Crippen LogP contribution is -2.24. The Bertz CT molecular complexity index is 482. The first-order valence-corrected chi connectivity index (χ1v) is 6.19. The van der Waals surface area contributed by atoms with E-state index in [0.29, 0.717) is 12.2 Å². The second-order valence-corrected chi connectivity index (χ2v) is 6.36. The van der Waals surface area contributed by atoms with Crippen molar-refractivity contribution in [3.63, 3.8) is 0 Å². The maximum atomic E-state index is 12.0. The van der Waals surface area contributed by atoms with Crippen LogP contribution in [0.15, 0.2) is 18.2 Å². The highest BCUT2D eigenvalue weighted by Gasteiger charge is 2.69. The van der Waals surface area contributed by atoms with Gasteiger partial charge in [0.15, 0.2) is 0 Å². The average Bonchev–Trinajstić information content (AvgIpc) is 2.72. The van der Waals surface area contributed by atoms with Crippen LogP contribution in [-0.4, -0.2) is 10.3 Å². The van der Waals surface area contributed by atoms with Gasteiger partial charge in [0, 0.05) is 6.42 Å². The lowest BCUT2D eigenvalue weighted by molar-refractivity contribution is -0.139. The van der Waals surface area contributed by atoms with Gasteiger partial charge in [-0.25, -0.2) is 0 Å². The Balaban J connectivity index is 2.15. The van der Waals surface area contributed by atoms with Gasteiger partial charge in [-0.1, -0.05) is 17.7 Å². The number of esters is 1. The van der Waals surface area contributed by atoms with Gasteiger partial charge in [-0.2, -0.15) is 0 Å². The quantitative estimate of drug-likeness (QED) is 0.465. The van der Waals surface area contributed by atoms with Gasteiger partial charge in [0.05, 0.1) is 0 Å². The number of benzene rings is 1. The van der Waals surface area contributed by atoms with Crippen molar-refractivity contribution in [1.82, 2.24) is 0 Å². The van der Waals surface area contributed by atoms with E-state index in [1.54, 1.807) is 13.0 Å². The molecule has 1 fully saturated rings. The zero-order chi connectivity index (χ0) is 12.8. The standard InChI is InChI=1S/C13H14Cl2O2/c1-8-4-5-10(9(2)6-8)17-11(16)12(3)7-13(12,14)15/h4-6H,7H2,1-3H3. The van der Waals surface area contributed by atoms with E-state index in [2.05, 4.69) is 0 Å². The molecule has 0 spiro atoms. The van der Waals surface area contributed by atoms with E-state index in [1.807, 2.05) is 26.0 Å². The fourth-order valence-electron chi connectivity index (χ4n) is 1.75. The Hall–Kier alpha value is -0.730. The summed E-state index contributed by atoms with van der Waals surface area (Å²) in [7, 11) is 0. The maximum Gasteiger partial charge on any atom is 0.320 e. The summed E-state index contributed by atoms with van der Waals surface area (Å²) in [5.74, 6) is 0.201. The molecule has 1 atom stereocenters. The normalized spacial score (nSPS) is 25.5. The minimum atomic E-state index is -0.983. The van der Waals surface area contributed by atoms with Crippen LogP contribution in [0.2, 0.25) is 0 Å². The van der Waals surface area contributed by atoms with Crippen LogP contribution in [0.3, 0.4) is 0 Å². The fraction of sp³-hybridized carbons (Fsp3) is 0.462. The summed E-state index contributed by atoms with van der Waals surface area (Å²) >= 11 is 11.9. The Kier molecular flexibility index (Phi) is 2.91. The van der Waals surface area contributed by atoms with Crippen molar-refractivity contribution < 1.29 is 9.53 Å². The smallest absolute Gasteiger partial charge is 0.320 e.